The Morgan fingerprint density at radius 2 is 2.25 bits per heavy atom. The van der Waals surface area contributed by atoms with Crippen molar-refractivity contribution in [1.29, 1.82) is 0 Å². The Hall–Kier alpha value is -1.10. The van der Waals surface area contributed by atoms with E-state index in [0.717, 1.165) is 0 Å². The zero-order valence-electron chi connectivity index (χ0n) is 9.03. The molecule has 0 aliphatic rings. The first-order valence-corrected chi connectivity index (χ1v) is 5.39. The average molecular weight is 243 g/mol. The van der Waals surface area contributed by atoms with Gasteiger partial charge in [-0.2, -0.15) is 0 Å². The van der Waals surface area contributed by atoms with Gasteiger partial charge in [-0.25, -0.2) is 0 Å². The van der Waals surface area contributed by atoms with Crippen molar-refractivity contribution in [2.75, 3.05) is 20.1 Å². The molecule has 1 aromatic carbocycles. The molecule has 0 radical (unpaired) electrons. The van der Waals surface area contributed by atoms with Crippen molar-refractivity contribution in [2.24, 2.45) is 0 Å². The van der Waals surface area contributed by atoms with E-state index in [9.17, 15) is 9.90 Å². The van der Waals surface area contributed by atoms with Crippen LogP contribution < -0.4 is 10.6 Å². The Kier molecular flexibility index (Phi) is 5.25. The minimum absolute atomic E-state index is 0.419. The van der Waals surface area contributed by atoms with Crippen LogP contribution in [-0.4, -0.2) is 31.2 Å². The Labute approximate surface area is 99.6 Å². The summed E-state index contributed by atoms with van der Waals surface area (Å²) in [5.74, 6) is -0.419. The molecule has 0 aliphatic carbocycles. The van der Waals surface area contributed by atoms with E-state index in [1.165, 1.54) is 0 Å². The number of aliphatic hydroxyl groups is 1. The number of aliphatic hydroxyl groups excluding tert-OH is 1. The van der Waals surface area contributed by atoms with Crippen molar-refractivity contribution in [1.82, 2.24) is 10.6 Å². The lowest BCUT2D eigenvalue weighted by Crippen LogP contribution is -2.34. The molecule has 1 atom stereocenters. The summed E-state index contributed by atoms with van der Waals surface area (Å²) in [7, 11) is 1.79. The first kappa shape index (κ1) is 13.0. The van der Waals surface area contributed by atoms with Crippen LogP contribution in [0.1, 0.15) is 11.7 Å². The minimum atomic E-state index is -1.17. The van der Waals surface area contributed by atoms with Crippen LogP contribution in [-0.2, 0) is 4.79 Å². The van der Waals surface area contributed by atoms with Crippen LogP contribution in [0.3, 0.4) is 0 Å². The van der Waals surface area contributed by atoms with Gasteiger partial charge < -0.3 is 15.7 Å². The maximum Gasteiger partial charge on any atom is 0.253 e. The van der Waals surface area contributed by atoms with Crippen LogP contribution in [0.25, 0.3) is 0 Å². The zero-order valence-corrected chi connectivity index (χ0v) is 9.79. The van der Waals surface area contributed by atoms with Gasteiger partial charge >= 0.3 is 0 Å². The second kappa shape index (κ2) is 6.48. The van der Waals surface area contributed by atoms with Crippen molar-refractivity contribution in [3.63, 3.8) is 0 Å². The summed E-state index contributed by atoms with van der Waals surface area (Å²) in [6.45, 7) is 1.14. The SMILES string of the molecule is CNCCNC(=O)[C@H](O)c1cccc(Cl)c1. The van der Waals surface area contributed by atoms with E-state index in [-0.39, 0.29) is 0 Å². The van der Waals surface area contributed by atoms with E-state index in [4.69, 9.17) is 11.6 Å². The summed E-state index contributed by atoms with van der Waals surface area (Å²) in [4.78, 5) is 11.5. The number of benzene rings is 1. The molecule has 0 aromatic heterocycles. The summed E-state index contributed by atoms with van der Waals surface area (Å²) in [6, 6.07) is 6.62. The quantitative estimate of drug-likeness (QED) is 0.667. The monoisotopic (exact) mass is 242 g/mol. The summed E-state index contributed by atoms with van der Waals surface area (Å²) in [5, 5.41) is 15.7. The van der Waals surface area contributed by atoms with Gasteiger partial charge in [-0.15, -0.1) is 0 Å². The predicted molar refractivity (Wildman–Crippen MR) is 63.3 cm³/mol. The molecule has 16 heavy (non-hydrogen) atoms. The molecule has 1 amide bonds. The molecule has 0 fully saturated rings. The Bertz CT molecular complexity index is 358. The molecule has 1 rings (SSSR count). The molecule has 1 aromatic rings. The second-order valence-electron chi connectivity index (χ2n) is 3.35. The van der Waals surface area contributed by atoms with Crippen LogP contribution in [0.15, 0.2) is 24.3 Å². The highest BCUT2D eigenvalue weighted by molar-refractivity contribution is 6.30. The smallest absolute Gasteiger partial charge is 0.253 e. The first-order chi connectivity index (χ1) is 7.65. The fourth-order valence-electron chi connectivity index (χ4n) is 1.24. The van der Waals surface area contributed by atoms with Crippen molar-refractivity contribution >= 4 is 17.5 Å². The van der Waals surface area contributed by atoms with Crippen molar-refractivity contribution in [3.8, 4) is 0 Å². The number of hydrogen-bond acceptors (Lipinski definition) is 3. The summed E-state index contributed by atoms with van der Waals surface area (Å²) in [5.41, 5.74) is 0.495. The summed E-state index contributed by atoms with van der Waals surface area (Å²) in [6.07, 6.45) is -1.17. The number of rotatable bonds is 5. The van der Waals surface area contributed by atoms with E-state index in [1.54, 1.807) is 31.3 Å². The Morgan fingerprint density at radius 1 is 1.50 bits per heavy atom. The lowest BCUT2D eigenvalue weighted by molar-refractivity contribution is -0.129. The number of hydrogen-bond donors (Lipinski definition) is 3. The maximum atomic E-state index is 11.5. The van der Waals surface area contributed by atoms with Gasteiger partial charge in [-0.3, -0.25) is 4.79 Å². The van der Waals surface area contributed by atoms with Gasteiger partial charge in [0.2, 0.25) is 0 Å². The van der Waals surface area contributed by atoms with E-state index in [1.807, 2.05) is 0 Å². The maximum absolute atomic E-state index is 11.5. The standard InChI is InChI=1S/C11H15ClN2O2/c1-13-5-6-14-11(16)10(15)8-3-2-4-9(12)7-8/h2-4,7,10,13,15H,5-6H2,1H3,(H,14,16)/t10-/m1/s1. The highest BCUT2D eigenvalue weighted by atomic mass is 35.5. The Balaban J connectivity index is 2.56. The molecule has 3 N–H and O–H groups in total. The molecule has 0 aliphatic heterocycles. The molecule has 5 heteroatoms. The number of likely N-dealkylation sites (N-methyl/N-ethyl adjacent to an activating group) is 1. The van der Waals surface area contributed by atoms with Gasteiger partial charge in [0, 0.05) is 18.1 Å². The van der Waals surface area contributed by atoms with Crippen LogP contribution >= 0.6 is 11.6 Å². The molecule has 0 saturated carbocycles. The highest BCUT2D eigenvalue weighted by Gasteiger charge is 2.16. The molecule has 0 spiro atoms. The number of carbonyl (C=O) groups excluding carboxylic acids is 1. The molecule has 0 bridgehead atoms. The van der Waals surface area contributed by atoms with E-state index in [0.29, 0.717) is 23.7 Å². The van der Waals surface area contributed by atoms with E-state index in [2.05, 4.69) is 10.6 Å². The molecule has 88 valence electrons. The first-order valence-electron chi connectivity index (χ1n) is 5.01. The highest BCUT2D eigenvalue weighted by Crippen LogP contribution is 2.17. The molecule has 0 saturated heterocycles. The van der Waals surface area contributed by atoms with E-state index < -0.39 is 12.0 Å². The number of halogens is 1. The van der Waals surface area contributed by atoms with Gasteiger partial charge in [0.1, 0.15) is 0 Å². The van der Waals surface area contributed by atoms with Gasteiger partial charge in [-0.05, 0) is 24.7 Å². The molecule has 0 unspecified atom stereocenters. The van der Waals surface area contributed by atoms with Crippen molar-refractivity contribution in [3.05, 3.63) is 34.9 Å². The number of carbonyl (C=O) groups is 1. The van der Waals surface area contributed by atoms with Crippen LogP contribution in [0.2, 0.25) is 5.02 Å². The Morgan fingerprint density at radius 3 is 2.88 bits per heavy atom. The molecule has 4 nitrogen and oxygen atoms in total. The second-order valence-corrected chi connectivity index (χ2v) is 3.79. The average Bonchev–Trinajstić information content (AvgIpc) is 2.28. The number of nitrogens with one attached hydrogen (secondary N) is 2. The third-order valence-corrected chi connectivity index (χ3v) is 2.32. The van der Waals surface area contributed by atoms with Gasteiger partial charge in [0.15, 0.2) is 6.10 Å². The van der Waals surface area contributed by atoms with Gasteiger partial charge in [0.05, 0.1) is 0 Å². The van der Waals surface area contributed by atoms with Crippen LogP contribution in [0.5, 0.6) is 0 Å². The van der Waals surface area contributed by atoms with Gasteiger partial charge in [0.25, 0.3) is 5.91 Å². The van der Waals surface area contributed by atoms with Crippen LogP contribution in [0.4, 0.5) is 0 Å². The van der Waals surface area contributed by atoms with Crippen molar-refractivity contribution in [2.45, 2.75) is 6.10 Å². The lowest BCUT2D eigenvalue weighted by atomic mass is 10.1. The zero-order chi connectivity index (χ0) is 12.0. The van der Waals surface area contributed by atoms with Gasteiger partial charge in [-0.1, -0.05) is 23.7 Å². The van der Waals surface area contributed by atoms with E-state index >= 15 is 0 Å². The molecular weight excluding hydrogens is 228 g/mol. The van der Waals surface area contributed by atoms with Crippen molar-refractivity contribution < 1.29 is 9.90 Å². The predicted octanol–water partition coefficient (Wildman–Crippen LogP) is 0.709. The van der Waals surface area contributed by atoms with Crippen LogP contribution in [0, 0.1) is 0 Å². The fraction of sp³-hybridized carbons (Fsp3) is 0.364. The molecular formula is C11H15ClN2O2. The normalized spacial score (nSPS) is 12.2. The number of amides is 1. The largest absolute Gasteiger partial charge is 0.378 e. The molecule has 0 heterocycles. The minimum Gasteiger partial charge on any atom is -0.378 e. The third-order valence-electron chi connectivity index (χ3n) is 2.09. The topological polar surface area (TPSA) is 61.4 Å². The lowest BCUT2D eigenvalue weighted by Gasteiger charge is -2.11. The fourth-order valence-corrected chi connectivity index (χ4v) is 1.43. The third kappa shape index (κ3) is 3.81. The summed E-state index contributed by atoms with van der Waals surface area (Å²) < 4.78 is 0. The summed E-state index contributed by atoms with van der Waals surface area (Å²) >= 11 is 5.77.